The summed E-state index contributed by atoms with van der Waals surface area (Å²) < 4.78 is 5.20. The molecule has 0 radical (unpaired) electrons. The van der Waals surface area contributed by atoms with E-state index in [4.69, 9.17) is 10.5 Å². The lowest BCUT2D eigenvalue weighted by Gasteiger charge is -2.28. The van der Waals surface area contributed by atoms with Gasteiger partial charge in [-0.25, -0.2) is 0 Å². The van der Waals surface area contributed by atoms with Crippen molar-refractivity contribution in [3.05, 3.63) is 47.0 Å². The fraction of sp³-hybridized carbons (Fsp3) is 0.381. The zero-order chi connectivity index (χ0) is 18.5. The number of hydrogen-bond donors (Lipinski definition) is 2. The van der Waals surface area contributed by atoms with Gasteiger partial charge < -0.3 is 15.8 Å². The summed E-state index contributed by atoms with van der Waals surface area (Å²) in [5.74, 6) is 0.790. The van der Waals surface area contributed by atoms with Crippen molar-refractivity contribution in [2.24, 2.45) is 0 Å². The zero-order valence-corrected chi connectivity index (χ0v) is 15.5. The number of ether oxygens (including phenoxy) is 1. The molecule has 0 aromatic heterocycles. The fourth-order valence-electron chi connectivity index (χ4n) is 3.48. The van der Waals surface area contributed by atoms with Crippen molar-refractivity contribution in [3.8, 4) is 11.8 Å². The van der Waals surface area contributed by atoms with Crippen LogP contribution >= 0.6 is 0 Å². The van der Waals surface area contributed by atoms with E-state index in [0.717, 1.165) is 42.2 Å². The van der Waals surface area contributed by atoms with Gasteiger partial charge in [-0.05, 0) is 74.3 Å². The topological polar surface area (TPSA) is 74.3 Å². The van der Waals surface area contributed by atoms with Crippen LogP contribution in [0.3, 0.4) is 0 Å². The van der Waals surface area contributed by atoms with Crippen molar-refractivity contribution < 1.29 is 4.74 Å². The smallest absolute Gasteiger partial charge is 0.119 e. The highest BCUT2D eigenvalue weighted by molar-refractivity contribution is 5.82. The number of nitrogen functional groups attached to an aromatic ring is 1. The third-order valence-corrected chi connectivity index (χ3v) is 5.01. The molecular formula is C21H26N4O. The Bertz CT molecular complexity index is 802. The van der Waals surface area contributed by atoms with E-state index in [1.165, 1.54) is 19.3 Å². The minimum atomic E-state index is 0.568. The van der Waals surface area contributed by atoms with Crippen LogP contribution in [0.5, 0.6) is 5.75 Å². The van der Waals surface area contributed by atoms with Crippen LogP contribution < -0.4 is 15.8 Å². The molecule has 0 atom stereocenters. The first-order valence-corrected chi connectivity index (χ1v) is 9.08. The number of nitrogens with two attached hydrogens (primary N) is 1. The number of benzene rings is 2. The van der Waals surface area contributed by atoms with Gasteiger partial charge in [0.1, 0.15) is 11.8 Å². The summed E-state index contributed by atoms with van der Waals surface area (Å²) in [6, 6.07) is 11.8. The Morgan fingerprint density at radius 1 is 1.19 bits per heavy atom. The second-order valence-corrected chi connectivity index (χ2v) is 6.81. The first kappa shape index (κ1) is 18.1. The van der Waals surface area contributed by atoms with E-state index in [1.807, 2.05) is 37.3 Å². The van der Waals surface area contributed by atoms with Crippen LogP contribution in [0.2, 0.25) is 0 Å². The van der Waals surface area contributed by atoms with Crippen LogP contribution in [0, 0.1) is 18.3 Å². The second kappa shape index (κ2) is 8.11. The number of nitrogens with zero attached hydrogens (tertiary/aromatic N) is 2. The summed E-state index contributed by atoms with van der Waals surface area (Å²) in [4.78, 5) is 2.45. The average Bonchev–Trinajstić information content (AvgIpc) is 2.68. The summed E-state index contributed by atoms with van der Waals surface area (Å²) in [6.07, 6.45) is 3.79. The Labute approximate surface area is 155 Å². The molecule has 0 saturated carbocycles. The Hall–Kier alpha value is -2.71. The van der Waals surface area contributed by atoms with E-state index >= 15 is 0 Å². The van der Waals surface area contributed by atoms with E-state index in [2.05, 4.69) is 16.3 Å². The maximum atomic E-state index is 9.56. The third kappa shape index (κ3) is 3.92. The number of piperidine rings is 1. The first-order valence-electron chi connectivity index (χ1n) is 9.08. The molecule has 1 aliphatic heterocycles. The molecule has 0 bridgehead atoms. The van der Waals surface area contributed by atoms with Gasteiger partial charge in [0.25, 0.3) is 0 Å². The number of methoxy groups -OCH3 is 1. The number of rotatable bonds is 5. The molecule has 1 fully saturated rings. The molecular weight excluding hydrogens is 324 g/mol. The molecule has 0 amide bonds. The number of likely N-dealkylation sites (tertiary alicyclic amines) is 1. The van der Waals surface area contributed by atoms with E-state index in [0.29, 0.717) is 16.9 Å². The molecule has 1 heterocycles. The van der Waals surface area contributed by atoms with Crippen LogP contribution in [0.1, 0.15) is 36.0 Å². The zero-order valence-electron chi connectivity index (χ0n) is 15.5. The largest absolute Gasteiger partial charge is 0.497 e. The van der Waals surface area contributed by atoms with E-state index < -0.39 is 0 Å². The van der Waals surface area contributed by atoms with Gasteiger partial charge >= 0.3 is 0 Å². The lowest BCUT2D eigenvalue weighted by atomic mass is 9.99. The predicted molar refractivity (Wildman–Crippen MR) is 106 cm³/mol. The summed E-state index contributed by atoms with van der Waals surface area (Å²) >= 11 is 0. The summed E-state index contributed by atoms with van der Waals surface area (Å²) in [5.41, 5.74) is 11.5. The average molecular weight is 350 g/mol. The van der Waals surface area contributed by atoms with Gasteiger partial charge in [-0.1, -0.05) is 6.42 Å². The highest BCUT2D eigenvalue weighted by Gasteiger charge is 2.18. The third-order valence-electron chi connectivity index (χ3n) is 5.01. The molecule has 0 unspecified atom stereocenters. The van der Waals surface area contributed by atoms with E-state index in [1.54, 1.807) is 7.11 Å². The lowest BCUT2D eigenvalue weighted by molar-refractivity contribution is 0.221. The van der Waals surface area contributed by atoms with Gasteiger partial charge in [-0.15, -0.1) is 0 Å². The molecule has 1 saturated heterocycles. The SMILES string of the molecule is COc1ccc(Nc2c(C#N)cc(C)c(CN3CCCCC3)c2N)cc1. The van der Waals surface area contributed by atoms with Gasteiger partial charge in [-0.3, -0.25) is 4.90 Å². The molecule has 3 N–H and O–H groups in total. The highest BCUT2D eigenvalue weighted by atomic mass is 16.5. The number of hydrogen-bond acceptors (Lipinski definition) is 5. The van der Waals surface area contributed by atoms with Crippen molar-refractivity contribution in [3.63, 3.8) is 0 Å². The maximum Gasteiger partial charge on any atom is 0.119 e. The molecule has 1 aliphatic rings. The molecule has 2 aromatic carbocycles. The minimum Gasteiger partial charge on any atom is -0.497 e. The van der Waals surface area contributed by atoms with Crippen molar-refractivity contribution in [1.82, 2.24) is 4.90 Å². The molecule has 5 heteroatoms. The van der Waals surface area contributed by atoms with Crippen LogP contribution in [0.25, 0.3) is 0 Å². The van der Waals surface area contributed by atoms with Gasteiger partial charge in [0, 0.05) is 12.2 Å². The van der Waals surface area contributed by atoms with Crippen molar-refractivity contribution in [2.45, 2.75) is 32.7 Å². The van der Waals surface area contributed by atoms with Gasteiger partial charge in [0.15, 0.2) is 0 Å². The van der Waals surface area contributed by atoms with Crippen LogP contribution in [-0.4, -0.2) is 25.1 Å². The van der Waals surface area contributed by atoms with Gasteiger partial charge in [0.2, 0.25) is 0 Å². The second-order valence-electron chi connectivity index (χ2n) is 6.81. The number of nitrogens with one attached hydrogen (secondary N) is 1. The fourth-order valence-corrected chi connectivity index (χ4v) is 3.48. The van der Waals surface area contributed by atoms with Gasteiger partial charge in [0.05, 0.1) is 24.0 Å². The lowest BCUT2D eigenvalue weighted by Crippen LogP contribution is -2.29. The Kier molecular flexibility index (Phi) is 5.65. The molecule has 0 aliphatic carbocycles. The Morgan fingerprint density at radius 2 is 1.88 bits per heavy atom. The van der Waals surface area contributed by atoms with Crippen molar-refractivity contribution >= 4 is 17.1 Å². The van der Waals surface area contributed by atoms with E-state index in [9.17, 15) is 5.26 Å². The predicted octanol–water partition coefficient (Wildman–Crippen LogP) is 4.19. The maximum absolute atomic E-state index is 9.56. The van der Waals surface area contributed by atoms with Crippen LogP contribution in [0.15, 0.2) is 30.3 Å². The minimum absolute atomic E-state index is 0.568. The summed E-state index contributed by atoms with van der Waals surface area (Å²) in [7, 11) is 1.64. The quantitative estimate of drug-likeness (QED) is 0.791. The molecule has 5 nitrogen and oxygen atoms in total. The van der Waals surface area contributed by atoms with Gasteiger partial charge in [-0.2, -0.15) is 5.26 Å². The molecule has 26 heavy (non-hydrogen) atoms. The standard InChI is InChI=1S/C21H26N4O/c1-15-12-16(13-22)21(24-17-6-8-18(26-2)9-7-17)20(23)19(15)14-25-10-4-3-5-11-25/h6-9,12,24H,3-5,10-11,14,23H2,1-2H3. The molecule has 0 spiro atoms. The number of aryl methyl sites for hydroxylation is 1. The monoisotopic (exact) mass is 350 g/mol. The molecule has 3 rings (SSSR count). The van der Waals surface area contributed by atoms with Crippen molar-refractivity contribution in [1.29, 1.82) is 5.26 Å². The van der Waals surface area contributed by atoms with E-state index in [-0.39, 0.29) is 0 Å². The first-order chi connectivity index (χ1) is 12.6. The number of nitriles is 1. The Balaban J connectivity index is 1.91. The number of anilines is 3. The Morgan fingerprint density at radius 3 is 2.50 bits per heavy atom. The normalized spacial score (nSPS) is 14.7. The summed E-state index contributed by atoms with van der Waals surface area (Å²) in [5, 5.41) is 12.9. The molecule has 136 valence electrons. The highest BCUT2D eigenvalue weighted by Crippen LogP contribution is 2.34. The summed E-state index contributed by atoms with van der Waals surface area (Å²) in [6.45, 7) is 5.09. The van der Waals surface area contributed by atoms with Crippen LogP contribution in [0.4, 0.5) is 17.1 Å². The van der Waals surface area contributed by atoms with Crippen LogP contribution in [-0.2, 0) is 6.54 Å². The van der Waals surface area contributed by atoms with Crippen molar-refractivity contribution in [2.75, 3.05) is 31.2 Å². The molecule has 2 aromatic rings.